The van der Waals surface area contributed by atoms with Gasteiger partial charge in [0, 0.05) is 13.1 Å². The van der Waals surface area contributed by atoms with Crippen molar-refractivity contribution in [2.75, 3.05) is 24.0 Å². The van der Waals surface area contributed by atoms with Crippen molar-refractivity contribution < 1.29 is 22.7 Å². The van der Waals surface area contributed by atoms with Crippen LogP contribution in [-0.2, 0) is 26.2 Å². The van der Waals surface area contributed by atoms with E-state index < -0.39 is 28.5 Å². The third-order valence-electron chi connectivity index (χ3n) is 6.46. The predicted octanol–water partition coefficient (Wildman–Crippen LogP) is 5.00. The van der Waals surface area contributed by atoms with Crippen LogP contribution in [0.3, 0.4) is 0 Å². The molecule has 9 heteroatoms. The van der Waals surface area contributed by atoms with Crippen LogP contribution in [0.15, 0.2) is 89.8 Å². The molecule has 40 heavy (non-hydrogen) atoms. The Balaban J connectivity index is 1.98. The fourth-order valence-corrected chi connectivity index (χ4v) is 5.74. The maximum absolute atomic E-state index is 14.0. The fourth-order valence-electron chi connectivity index (χ4n) is 4.33. The Hall–Kier alpha value is -3.85. The molecule has 2 amide bonds. The summed E-state index contributed by atoms with van der Waals surface area (Å²) in [5.41, 5.74) is 1.20. The Bertz CT molecular complexity index is 1320. The van der Waals surface area contributed by atoms with Crippen molar-refractivity contribution >= 4 is 27.5 Å². The molecule has 0 fully saturated rings. The average Bonchev–Trinajstić information content (AvgIpc) is 2.97. The molecule has 3 aromatic rings. The molecule has 3 rings (SSSR count). The molecular weight excluding hydrogens is 526 g/mol. The highest BCUT2D eigenvalue weighted by molar-refractivity contribution is 7.92. The average molecular weight is 566 g/mol. The number of hydrogen-bond acceptors (Lipinski definition) is 5. The zero-order valence-electron chi connectivity index (χ0n) is 23.5. The summed E-state index contributed by atoms with van der Waals surface area (Å²) in [6, 6.07) is 23.3. The van der Waals surface area contributed by atoms with Gasteiger partial charge in [-0.05, 0) is 61.7 Å². The second-order valence-electron chi connectivity index (χ2n) is 9.33. The summed E-state index contributed by atoms with van der Waals surface area (Å²) in [5.74, 6) is -0.168. The number of anilines is 1. The van der Waals surface area contributed by atoms with Gasteiger partial charge < -0.3 is 15.0 Å². The van der Waals surface area contributed by atoms with E-state index in [1.807, 2.05) is 51.1 Å². The zero-order chi connectivity index (χ0) is 29.0. The number of hydrogen-bond donors (Lipinski definition) is 1. The lowest BCUT2D eigenvalue weighted by atomic mass is 10.1. The predicted molar refractivity (Wildman–Crippen MR) is 158 cm³/mol. The van der Waals surface area contributed by atoms with E-state index in [0.717, 1.165) is 22.7 Å². The number of benzene rings is 3. The lowest BCUT2D eigenvalue weighted by Gasteiger charge is -2.33. The van der Waals surface area contributed by atoms with E-state index in [-0.39, 0.29) is 17.3 Å². The SMILES string of the molecule is CCCCNC(=O)[C@@H](CC)N(Cc1ccccc1)C(=O)CN(c1ccccc1)S(=O)(=O)c1ccc(OCC)cc1. The van der Waals surface area contributed by atoms with Crippen LogP contribution < -0.4 is 14.4 Å². The summed E-state index contributed by atoms with van der Waals surface area (Å²) >= 11 is 0. The topological polar surface area (TPSA) is 96.0 Å². The van der Waals surface area contributed by atoms with E-state index in [4.69, 9.17) is 4.74 Å². The third kappa shape index (κ3) is 8.08. The Kier molecular flexibility index (Phi) is 11.6. The minimum Gasteiger partial charge on any atom is -0.494 e. The highest BCUT2D eigenvalue weighted by atomic mass is 32.2. The molecule has 0 saturated heterocycles. The van der Waals surface area contributed by atoms with Crippen LogP contribution in [-0.4, -0.2) is 50.9 Å². The Labute approximate surface area is 238 Å². The van der Waals surface area contributed by atoms with Crippen LogP contribution >= 0.6 is 0 Å². The first-order chi connectivity index (χ1) is 19.3. The van der Waals surface area contributed by atoms with Crippen molar-refractivity contribution in [3.05, 3.63) is 90.5 Å². The van der Waals surface area contributed by atoms with E-state index in [0.29, 0.717) is 31.0 Å². The molecule has 0 heterocycles. The van der Waals surface area contributed by atoms with Crippen LogP contribution in [0.4, 0.5) is 5.69 Å². The molecule has 0 spiro atoms. The van der Waals surface area contributed by atoms with E-state index in [1.165, 1.54) is 17.0 Å². The number of carbonyl (C=O) groups is 2. The number of unbranched alkanes of at least 4 members (excludes halogenated alkanes) is 1. The largest absolute Gasteiger partial charge is 0.494 e. The highest BCUT2D eigenvalue weighted by Gasteiger charge is 2.33. The number of nitrogens with one attached hydrogen (secondary N) is 1. The first-order valence-electron chi connectivity index (χ1n) is 13.7. The van der Waals surface area contributed by atoms with Gasteiger partial charge in [0.1, 0.15) is 18.3 Å². The molecule has 0 unspecified atom stereocenters. The number of ether oxygens (including phenoxy) is 1. The molecule has 0 saturated carbocycles. The summed E-state index contributed by atoms with van der Waals surface area (Å²) in [6.07, 6.45) is 2.14. The van der Waals surface area contributed by atoms with E-state index in [9.17, 15) is 18.0 Å². The second kappa shape index (κ2) is 15.1. The molecule has 1 N–H and O–H groups in total. The number of carbonyl (C=O) groups excluding carboxylic acids is 2. The van der Waals surface area contributed by atoms with Gasteiger partial charge in [0.15, 0.2) is 0 Å². The first kappa shape index (κ1) is 30.7. The fraction of sp³-hybridized carbons (Fsp3) is 0.355. The van der Waals surface area contributed by atoms with Gasteiger partial charge >= 0.3 is 0 Å². The van der Waals surface area contributed by atoms with Crippen molar-refractivity contribution in [3.63, 3.8) is 0 Å². The van der Waals surface area contributed by atoms with Gasteiger partial charge in [-0.15, -0.1) is 0 Å². The number of sulfonamides is 1. The summed E-state index contributed by atoms with van der Waals surface area (Å²) in [4.78, 5) is 28.7. The Morgan fingerprint density at radius 2 is 1.50 bits per heavy atom. The monoisotopic (exact) mass is 565 g/mol. The van der Waals surface area contributed by atoms with Gasteiger partial charge in [0.2, 0.25) is 11.8 Å². The van der Waals surface area contributed by atoms with Crippen molar-refractivity contribution in [1.82, 2.24) is 10.2 Å². The molecule has 1 atom stereocenters. The van der Waals surface area contributed by atoms with Gasteiger partial charge in [-0.3, -0.25) is 13.9 Å². The normalized spacial score (nSPS) is 11.9. The number of nitrogens with zero attached hydrogens (tertiary/aromatic N) is 2. The van der Waals surface area contributed by atoms with Gasteiger partial charge in [-0.1, -0.05) is 68.8 Å². The van der Waals surface area contributed by atoms with E-state index >= 15 is 0 Å². The van der Waals surface area contributed by atoms with E-state index in [1.54, 1.807) is 42.5 Å². The quantitative estimate of drug-likeness (QED) is 0.262. The maximum Gasteiger partial charge on any atom is 0.264 e. The van der Waals surface area contributed by atoms with Crippen molar-refractivity contribution in [3.8, 4) is 5.75 Å². The second-order valence-corrected chi connectivity index (χ2v) is 11.2. The molecule has 214 valence electrons. The standard InChI is InChI=1S/C31H39N3O5S/c1-4-7-22-32-31(36)29(5-2)33(23-25-14-10-8-11-15-25)30(35)24-34(26-16-12-9-13-17-26)40(37,38)28-20-18-27(19-21-28)39-6-3/h8-21,29H,4-7,22-24H2,1-3H3,(H,32,36)/t29-/m1/s1. The molecule has 0 bridgehead atoms. The summed E-state index contributed by atoms with van der Waals surface area (Å²) < 4.78 is 34.4. The number of para-hydroxylation sites is 1. The van der Waals surface area contributed by atoms with Gasteiger partial charge in [0.25, 0.3) is 10.0 Å². The minimum atomic E-state index is -4.13. The van der Waals surface area contributed by atoms with Crippen LogP contribution in [0.25, 0.3) is 0 Å². The van der Waals surface area contributed by atoms with Crippen molar-refractivity contribution in [2.45, 2.75) is 57.5 Å². The number of rotatable bonds is 15. The highest BCUT2D eigenvalue weighted by Crippen LogP contribution is 2.26. The van der Waals surface area contributed by atoms with Crippen LogP contribution in [0, 0.1) is 0 Å². The summed E-state index contributed by atoms with van der Waals surface area (Å²) in [6.45, 7) is 6.41. The lowest BCUT2D eigenvalue weighted by molar-refractivity contribution is -0.140. The third-order valence-corrected chi connectivity index (χ3v) is 8.25. The van der Waals surface area contributed by atoms with E-state index in [2.05, 4.69) is 5.32 Å². The molecule has 0 aliphatic carbocycles. The van der Waals surface area contributed by atoms with Gasteiger partial charge in [-0.2, -0.15) is 0 Å². The maximum atomic E-state index is 14.0. The van der Waals surface area contributed by atoms with Crippen LogP contribution in [0.5, 0.6) is 5.75 Å². The zero-order valence-corrected chi connectivity index (χ0v) is 24.3. The summed E-state index contributed by atoms with van der Waals surface area (Å²) in [5, 5.41) is 2.94. The van der Waals surface area contributed by atoms with Crippen molar-refractivity contribution in [2.24, 2.45) is 0 Å². The molecule has 3 aromatic carbocycles. The Morgan fingerprint density at radius 3 is 2.08 bits per heavy atom. The molecule has 8 nitrogen and oxygen atoms in total. The van der Waals surface area contributed by atoms with Crippen molar-refractivity contribution in [1.29, 1.82) is 0 Å². The first-order valence-corrected chi connectivity index (χ1v) is 15.2. The molecule has 0 radical (unpaired) electrons. The lowest BCUT2D eigenvalue weighted by Crippen LogP contribution is -2.52. The van der Waals surface area contributed by atoms with Crippen LogP contribution in [0.1, 0.15) is 45.6 Å². The summed E-state index contributed by atoms with van der Waals surface area (Å²) in [7, 11) is -4.13. The number of amides is 2. The Morgan fingerprint density at radius 1 is 0.875 bits per heavy atom. The van der Waals surface area contributed by atoms with Gasteiger partial charge in [0.05, 0.1) is 17.2 Å². The van der Waals surface area contributed by atoms with Gasteiger partial charge in [-0.25, -0.2) is 8.42 Å². The minimum absolute atomic E-state index is 0.0339. The smallest absolute Gasteiger partial charge is 0.264 e. The van der Waals surface area contributed by atoms with Crippen LogP contribution in [0.2, 0.25) is 0 Å². The molecular formula is C31H39N3O5S. The molecule has 0 aliphatic rings. The molecule has 0 aromatic heterocycles. The molecule has 0 aliphatic heterocycles.